The zero-order valence-electron chi connectivity index (χ0n) is 21.8. The molecule has 0 bridgehead atoms. The lowest BCUT2D eigenvalue weighted by atomic mass is 9.86. The van der Waals surface area contributed by atoms with Crippen LogP contribution in [0.4, 0.5) is 32.2 Å². The number of alkyl halides is 4. The number of halogens is 6. The minimum atomic E-state index is -3.29. The zero-order chi connectivity index (χ0) is 29.7. The van der Waals surface area contributed by atoms with Crippen LogP contribution in [-0.2, 0) is 12.0 Å². The van der Waals surface area contributed by atoms with Gasteiger partial charge in [0, 0.05) is 35.9 Å². The molecule has 1 N–H and O–H groups in total. The van der Waals surface area contributed by atoms with Gasteiger partial charge in [0.1, 0.15) is 17.5 Å². The SMILES string of the molecule is CC(C)(Nc1ccc(C(Cc2cc[n+]([O-])cc2)c2ccc(OC(F)F)c(OC(F)F)c2)cn1)c1ccc(F)cc1F. The molecule has 0 fully saturated rings. The van der Waals surface area contributed by atoms with Crippen molar-refractivity contribution < 1.29 is 40.5 Å². The number of nitrogens with zero attached hydrogens (tertiary/aromatic N) is 2. The van der Waals surface area contributed by atoms with E-state index in [0.29, 0.717) is 21.7 Å². The average Bonchev–Trinajstić information content (AvgIpc) is 2.89. The molecule has 4 aromatic rings. The fourth-order valence-electron chi connectivity index (χ4n) is 4.44. The van der Waals surface area contributed by atoms with E-state index in [1.165, 1.54) is 36.8 Å². The van der Waals surface area contributed by atoms with E-state index in [1.54, 1.807) is 38.1 Å². The van der Waals surface area contributed by atoms with Gasteiger partial charge in [0.2, 0.25) is 0 Å². The lowest BCUT2D eigenvalue weighted by Gasteiger charge is -2.28. The molecule has 2 aromatic heterocycles. The summed E-state index contributed by atoms with van der Waals surface area (Å²) in [6.45, 7) is -3.14. The molecule has 2 aromatic carbocycles. The van der Waals surface area contributed by atoms with Gasteiger partial charge in [-0.3, -0.25) is 0 Å². The van der Waals surface area contributed by atoms with Crippen molar-refractivity contribution in [3.8, 4) is 11.5 Å². The van der Waals surface area contributed by atoms with Crippen LogP contribution in [0.1, 0.15) is 42.0 Å². The molecule has 6 nitrogen and oxygen atoms in total. The summed E-state index contributed by atoms with van der Waals surface area (Å²) in [7, 11) is 0. The topological polar surface area (TPSA) is 70.3 Å². The summed E-state index contributed by atoms with van der Waals surface area (Å²) in [4.78, 5) is 4.43. The Labute approximate surface area is 231 Å². The molecule has 0 spiro atoms. The fourth-order valence-corrected chi connectivity index (χ4v) is 4.44. The van der Waals surface area contributed by atoms with Crippen LogP contribution in [0.3, 0.4) is 0 Å². The molecule has 1 atom stereocenters. The molecule has 0 aliphatic rings. The standard InChI is InChI=1S/C29H25F6N3O3/c1-29(2,22-6-5-20(30)15-23(22)31)37-26-8-4-19(16-36-26)21(13-17-9-11-38(39)12-10-17)18-3-7-24(40-27(32)33)25(14-18)41-28(34)35/h3-12,14-16,21,27-28H,13H2,1-2H3,(H,36,37). The number of rotatable bonds is 11. The van der Waals surface area contributed by atoms with E-state index in [1.807, 2.05) is 0 Å². The highest BCUT2D eigenvalue weighted by atomic mass is 19.3. The Morgan fingerprint density at radius 1 is 0.854 bits per heavy atom. The van der Waals surface area contributed by atoms with Crippen LogP contribution >= 0.6 is 0 Å². The number of ether oxygens (including phenoxy) is 2. The number of hydrogen-bond acceptors (Lipinski definition) is 5. The quantitative estimate of drug-likeness (QED) is 0.119. The minimum absolute atomic E-state index is 0.222. The number of benzene rings is 2. The van der Waals surface area contributed by atoms with Crippen molar-refractivity contribution in [1.29, 1.82) is 0 Å². The van der Waals surface area contributed by atoms with Gasteiger partial charge < -0.3 is 20.0 Å². The van der Waals surface area contributed by atoms with Crippen LogP contribution in [0.15, 0.2) is 79.3 Å². The summed E-state index contributed by atoms with van der Waals surface area (Å²) < 4.78 is 89.0. The maximum absolute atomic E-state index is 14.4. The number of nitrogens with one attached hydrogen (secondary N) is 1. The third kappa shape index (κ3) is 7.59. The third-order valence-corrected chi connectivity index (χ3v) is 6.35. The minimum Gasteiger partial charge on any atom is -0.619 e. The second-order valence-electron chi connectivity index (χ2n) is 9.64. The molecule has 0 amide bonds. The van der Waals surface area contributed by atoms with Crippen molar-refractivity contribution in [3.05, 3.63) is 118 Å². The maximum Gasteiger partial charge on any atom is 0.387 e. The van der Waals surface area contributed by atoms with E-state index in [0.717, 1.165) is 23.8 Å². The Morgan fingerprint density at radius 3 is 2.12 bits per heavy atom. The Bertz CT molecular complexity index is 1470. The average molecular weight is 578 g/mol. The Balaban J connectivity index is 1.68. The van der Waals surface area contributed by atoms with E-state index < -0.39 is 47.8 Å². The molecule has 0 aliphatic heterocycles. The molecule has 4 rings (SSSR count). The van der Waals surface area contributed by atoms with Crippen molar-refractivity contribution in [2.75, 3.05) is 5.32 Å². The largest absolute Gasteiger partial charge is 0.619 e. The van der Waals surface area contributed by atoms with Crippen molar-refractivity contribution in [1.82, 2.24) is 4.98 Å². The van der Waals surface area contributed by atoms with Crippen LogP contribution in [0.2, 0.25) is 0 Å². The van der Waals surface area contributed by atoms with Gasteiger partial charge in [-0.15, -0.1) is 0 Å². The first-order valence-electron chi connectivity index (χ1n) is 12.3. The third-order valence-electron chi connectivity index (χ3n) is 6.35. The summed E-state index contributed by atoms with van der Waals surface area (Å²) in [6, 6.07) is 13.6. The Kier molecular flexibility index (Phi) is 8.89. The summed E-state index contributed by atoms with van der Waals surface area (Å²) in [5.41, 5.74) is 1.02. The van der Waals surface area contributed by atoms with Crippen LogP contribution in [0.25, 0.3) is 0 Å². The first-order chi connectivity index (χ1) is 19.4. The molecule has 2 heterocycles. The van der Waals surface area contributed by atoms with E-state index in [2.05, 4.69) is 19.8 Å². The van der Waals surface area contributed by atoms with Gasteiger partial charge in [-0.25, -0.2) is 13.8 Å². The predicted octanol–water partition coefficient (Wildman–Crippen LogP) is 6.92. The van der Waals surface area contributed by atoms with Crippen molar-refractivity contribution >= 4 is 5.82 Å². The number of aromatic nitrogens is 2. The summed E-state index contributed by atoms with van der Waals surface area (Å²) in [5.74, 6) is -2.71. The monoisotopic (exact) mass is 577 g/mol. The Morgan fingerprint density at radius 2 is 1.51 bits per heavy atom. The molecular formula is C29H25F6N3O3. The molecule has 41 heavy (non-hydrogen) atoms. The Hall–Kier alpha value is -4.48. The highest BCUT2D eigenvalue weighted by molar-refractivity contribution is 5.48. The van der Waals surface area contributed by atoms with Gasteiger partial charge in [-0.05, 0) is 61.2 Å². The highest BCUT2D eigenvalue weighted by Gasteiger charge is 2.26. The fraction of sp³-hybridized carbons (Fsp3) is 0.241. The van der Waals surface area contributed by atoms with Crippen LogP contribution in [0.5, 0.6) is 11.5 Å². The van der Waals surface area contributed by atoms with E-state index in [-0.39, 0.29) is 12.0 Å². The highest BCUT2D eigenvalue weighted by Crippen LogP contribution is 2.37. The molecule has 0 aliphatic carbocycles. The van der Waals surface area contributed by atoms with Gasteiger partial charge >= 0.3 is 13.2 Å². The number of anilines is 1. The lowest BCUT2D eigenvalue weighted by Crippen LogP contribution is -2.29. The van der Waals surface area contributed by atoms with Crippen LogP contribution in [-0.4, -0.2) is 18.2 Å². The van der Waals surface area contributed by atoms with E-state index >= 15 is 0 Å². The van der Waals surface area contributed by atoms with Gasteiger partial charge in [0.05, 0.1) is 5.54 Å². The van der Waals surface area contributed by atoms with Crippen LogP contribution < -0.4 is 19.5 Å². The van der Waals surface area contributed by atoms with Gasteiger partial charge in [-0.1, -0.05) is 18.2 Å². The summed E-state index contributed by atoms with van der Waals surface area (Å²) >= 11 is 0. The molecule has 12 heteroatoms. The second kappa shape index (κ2) is 12.4. The van der Waals surface area contributed by atoms with Gasteiger partial charge in [-0.2, -0.15) is 22.3 Å². The van der Waals surface area contributed by atoms with Crippen molar-refractivity contribution in [2.24, 2.45) is 0 Å². The predicted molar refractivity (Wildman–Crippen MR) is 138 cm³/mol. The number of pyridine rings is 2. The molecular weight excluding hydrogens is 552 g/mol. The number of hydrogen-bond donors (Lipinski definition) is 1. The normalized spacial score (nSPS) is 12.4. The van der Waals surface area contributed by atoms with Gasteiger partial charge in [0.15, 0.2) is 23.9 Å². The van der Waals surface area contributed by atoms with E-state index in [9.17, 15) is 31.5 Å². The second-order valence-corrected chi connectivity index (χ2v) is 9.64. The summed E-state index contributed by atoms with van der Waals surface area (Å²) in [6.07, 6.45) is 4.42. The molecule has 216 valence electrons. The first kappa shape index (κ1) is 29.5. The van der Waals surface area contributed by atoms with Gasteiger partial charge in [0.25, 0.3) is 0 Å². The first-order valence-corrected chi connectivity index (χ1v) is 12.3. The molecule has 1 unspecified atom stereocenters. The summed E-state index contributed by atoms with van der Waals surface area (Å²) in [5, 5.41) is 14.6. The van der Waals surface area contributed by atoms with E-state index in [4.69, 9.17) is 0 Å². The van der Waals surface area contributed by atoms with Crippen molar-refractivity contribution in [2.45, 2.75) is 44.9 Å². The maximum atomic E-state index is 14.4. The van der Waals surface area contributed by atoms with Crippen molar-refractivity contribution in [3.63, 3.8) is 0 Å². The molecule has 0 radical (unpaired) electrons. The molecule has 0 saturated carbocycles. The lowest BCUT2D eigenvalue weighted by molar-refractivity contribution is -0.605. The smallest absolute Gasteiger partial charge is 0.387 e. The molecule has 0 saturated heterocycles. The van der Waals surface area contributed by atoms with Crippen LogP contribution in [0, 0.1) is 16.8 Å². The zero-order valence-corrected chi connectivity index (χ0v) is 21.8.